The largest absolute Gasteiger partial charge is 0.352 e. The van der Waals surface area contributed by atoms with Crippen LogP contribution in [0, 0.1) is 13.8 Å². The predicted molar refractivity (Wildman–Crippen MR) is 109 cm³/mol. The van der Waals surface area contributed by atoms with E-state index in [9.17, 15) is 9.59 Å². The third kappa shape index (κ3) is 5.30. The molecule has 1 heterocycles. The first-order valence-electron chi connectivity index (χ1n) is 9.24. The lowest BCUT2D eigenvalue weighted by atomic mass is 10.1. The summed E-state index contributed by atoms with van der Waals surface area (Å²) in [6.07, 6.45) is 0.219. The van der Waals surface area contributed by atoms with Crippen LogP contribution in [0.2, 0.25) is 0 Å². The first-order chi connectivity index (χ1) is 13.5. The number of aromatic nitrogens is 2. The van der Waals surface area contributed by atoms with E-state index in [1.54, 1.807) is 12.1 Å². The summed E-state index contributed by atoms with van der Waals surface area (Å²) >= 11 is 0. The van der Waals surface area contributed by atoms with Gasteiger partial charge in [0.1, 0.15) is 0 Å². The van der Waals surface area contributed by atoms with Crippen LogP contribution in [-0.4, -0.2) is 28.1 Å². The third-order valence-corrected chi connectivity index (χ3v) is 4.35. The van der Waals surface area contributed by atoms with E-state index in [0.29, 0.717) is 12.1 Å². The van der Waals surface area contributed by atoms with Gasteiger partial charge in [-0.2, -0.15) is 5.10 Å². The number of hydrogen-bond donors (Lipinski definition) is 2. The van der Waals surface area contributed by atoms with Gasteiger partial charge >= 0.3 is 0 Å². The van der Waals surface area contributed by atoms with Crippen LogP contribution in [0.1, 0.15) is 33.7 Å². The van der Waals surface area contributed by atoms with Gasteiger partial charge in [-0.15, -0.1) is 0 Å². The molecule has 0 fully saturated rings. The molecule has 0 aliphatic heterocycles. The fourth-order valence-corrected chi connectivity index (χ4v) is 2.91. The molecule has 1 aromatic heterocycles. The van der Waals surface area contributed by atoms with Crippen LogP contribution in [-0.2, 0) is 11.3 Å². The van der Waals surface area contributed by atoms with Crippen molar-refractivity contribution in [1.29, 1.82) is 0 Å². The molecule has 3 aromatic rings. The van der Waals surface area contributed by atoms with Crippen LogP contribution in [0.3, 0.4) is 0 Å². The van der Waals surface area contributed by atoms with Crippen molar-refractivity contribution in [1.82, 2.24) is 15.1 Å². The zero-order valence-electron chi connectivity index (χ0n) is 16.1. The Morgan fingerprint density at radius 1 is 1.00 bits per heavy atom. The number of anilines is 1. The highest BCUT2D eigenvalue weighted by molar-refractivity contribution is 5.95. The molecule has 144 valence electrons. The van der Waals surface area contributed by atoms with Crippen LogP contribution in [0.4, 0.5) is 5.69 Å². The first-order valence-corrected chi connectivity index (χ1v) is 9.24. The molecular weight excluding hydrogens is 352 g/mol. The Morgan fingerprint density at radius 2 is 1.71 bits per heavy atom. The van der Waals surface area contributed by atoms with Crippen molar-refractivity contribution >= 4 is 17.5 Å². The number of nitrogens with one attached hydrogen (secondary N) is 2. The minimum Gasteiger partial charge on any atom is -0.352 e. The van der Waals surface area contributed by atoms with Gasteiger partial charge in [-0.05, 0) is 49.7 Å². The van der Waals surface area contributed by atoms with E-state index >= 15 is 0 Å². The molecule has 0 spiro atoms. The maximum atomic E-state index is 12.3. The molecule has 0 radical (unpaired) electrons. The summed E-state index contributed by atoms with van der Waals surface area (Å²) in [6.45, 7) is 4.94. The second-order valence-electron chi connectivity index (χ2n) is 6.70. The van der Waals surface area contributed by atoms with Crippen LogP contribution in [0.5, 0.6) is 0 Å². The molecule has 0 aliphatic carbocycles. The Hall–Kier alpha value is -3.41. The number of para-hydroxylation sites is 1. The van der Waals surface area contributed by atoms with E-state index < -0.39 is 0 Å². The highest BCUT2D eigenvalue weighted by Crippen LogP contribution is 2.09. The number of benzene rings is 2. The molecule has 6 nitrogen and oxygen atoms in total. The van der Waals surface area contributed by atoms with E-state index in [2.05, 4.69) is 15.7 Å². The lowest BCUT2D eigenvalue weighted by Gasteiger charge is -2.08. The summed E-state index contributed by atoms with van der Waals surface area (Å²) in [5, 5.41) is 10.0. The lowest BCUT2D eigenvalue weighted by molar-refractivity contribution is -0.116. The topological polar surface area (TPSA) is 76.0 Å². The summed E-state index contributed by atoms with van der Waals surface area (Å²) in [4.78, 5) is 24.2. The highest BCUT2D eigenvalue weighted by atomic mass is 16.2. The van der Waals surface area contributed by atoms with Gasteiger partial charge in [-0.1, -0.05) is 30.3 Å². The van der Waals surface area contributed by atoms with E-state index in [1.165, 1.54) is 0 Å². The van der Waals surface area contributed by atoms with Crippen molar-refractivity contribution in [2.24, 2.45) is 0 Å². The summed E-state index contributed by atoms with van der Waals surface area (Å²) in [5.74, 6) is -0.322. The number of aryl methyl sites for hydroxylation is 2. The molecule has 6 heteroatoms. The molecule has 0 unspecified atom stereocenters. The summed E-state index contributed by atoms with van der Waals surface area (Å²) in [6, 6.07) is 18.7. The zero-order valence-corrected chi connectivity index (χ0v) is 16.1. The van der Waals surface area contributed by atoms with Gasteiger partial charge in [-0.25, -0.2) is 0 Å². The van der Waals surface area contributed by atoms with Crippen molar-refractivity contribution in [3.8, 4) is 0 Å². The molecule has 2 amide bonds. The lowest BCUT2D eigenvalue weighted by Crippen LogP contribution is -2.27. The molecule has 0 aliphatic rings. The van der Waals surface area contributed by atoms with Crippen molar-refractivity contribution in [2.45, 2.75) is 26.8 Å². The second-order valence-corrected chi connectivity index (χ2v) is 6.70. The molecular formula is C22H24N4O2. The quantitative estimate of drug-likeness (QED) is 0.664. The van der Waals surface area contributed by atoms with Gasteiger partial charge in [-0.3, -0.25) is 14.3 Å². The van der Waals surface area contributed by atoms with E-state index in [1.807, 2.05) is 67.1 Å². The van der Waals surface area contributed by atoms with Crippen LogP contribution in [0.25, 0.3) is 0 Å². The molecule has 28 heavy (non-hydrogen) atoms. The fraction of sp³-hybridized carbons (Fsp3) is 0.227. The Labute approximate surface area is 164 Å². The fourth-order valence-electron chi connectivity index (χ4n) is 2.91. The second kappa shape index (κ2) is 8.99. The number of carbonyl (C=O) groups is 2. The number of amides is 2. The van der Waals surface area contributed by atoms with Gasteiger partial charge in [0.2, 0.25) is 5.91 Å². The Morgan fingerprint density at radius 3 is 2.36 bits per heavy atom. The minimum atomic E-state index is -0.190. The van der Waals surface area contributed by atoms with Gasteiger partial charge in [0, 0.05) is 29.9 Å². The number of carbonyl (C=O) groups excluding carboxylic acids is 2. The smallest absolute Gasteiger partial charge is 0.251 e. The third-order valence-electron chi connectivity index (χ3n) is 4.35. The maximum absolute atomic E-state index is 12.3. The summed E-state index contributed by atoms with van der Waals surface area (Å²) < 4.78 is 1.94. The molecule has 0 atom stereocenters. The maximum Gasteiger partial charge on any atom is 0.251 e. The SMILES string of the molecule is Cc1cc(C)n(Cc2ccc(C(=O)NCCC(=O)Nc3ccccc3)cc2)n1. The van der Waals surface area contributed by atoms with Crippen LogP contribution >= 0.6 is 0 Å². The van der Waals surface area contributed by atoms with E-state index in [4.69, 9.17) is 0 Å². The van der Waals surface area contributed by atoms with E-state index in [0.717, 1.165) is 22.6 Å². The molecule has 2 aromatic carbocycles. The molecule has 3 rings (SSSR count). The first kappa shape index (κ1) is 19.4. The predicted octanol–water partition coefficient (Wildman–Crippen LogP) is 3.31. The van der Waals surface area contributed by atoms with Crippen LogP contribution in [0.15, 0.2) is 60.7 Å². The average Bonchev–Trinajstić information content (AvgIpc) is 3.00. The molecule has 0 bridgehead atoms. The van der Waals surface area contributed by atoms with Crippen molar-refractivity contribution in [3.63, 3.8) is 0 Å². The summed E-state index contributed by atoms with van der Waals surface area (Å²) in [7, 11) is 0. The van der Waals surface area contributed by atoms with Gasteiger partial charge in [0.15, 0.2) is 0 Å². The molecule has 0 saturated carbocycles. The van der Waals surface area contributed by atoms with Crippen molar-refractivity contribution in [3.05, 3.63) is 83.2 Å². The normalized spacial score (nSPS) is 10.5. The number of hydrogen-bond acceptors (Lipinski definition) is 3. The molecule has 2 N–H and O–H groups in total. The average molecular weight is 376 g/mol. The van der Waals surface area contributed by atoms with Crippen molar-refractivity contribution < 1.29 is 9.59 Å². The summed E-state index contributed by atoms with van der Waals surface area (Å²) in [5.41, 5.74) is 4.49. The standard InChI is InChI=1S/C22H24N4O2/c1-16-14-17(2)26(25-16)15-18-8-10-19(11-9-18)22(28)23-13-12-21(27)24-20-6-4-3-5-7-20/h3-11,14H,12-13,15H2,1-2H3,(H,23,28)(H,24,27). The minimum absolute atomic E-state index is 0.133. The van der Waals surface area contributed by atoms with Crippen LogP contribution < -0.4 is 10.6 Å². The van der Waals surface area contributed by atoms with E-state index in [-0.39, 0.29) is 24.8 Å². The monoisotopic (exact) mass is 376 g/mol. The van der Waals surface area contributed by atoms with Gasteiger partial charge in [0.05, 0.1) is 12.2 Å². The molecule has 0 saturated heterocycles. The Balaban J connectivity index is 1.46. The number of rotatable bonds is 7. The highest BCUT2D eigenvalue weighted by Gasteiger charge is 2.08. The Kier molecular flexibility index (Phi) is 6.22. The zero-order chi connectivity index (χ0) is 19.9. The number of nitrogens with zero attached hydrogens (tertiary/aromatic N) is 2. The van der Waals surface area contributed by atoms with Crippen molar-refractivity contribution in [2.75, 3.05) is 11.9 Å². The Bertz CT molecular complexity index is 946. The van der Waals surface area contributed by atoms with Gasteiger partial charge < -0.3 is 10.6 Å². The van der Waals surface area contributed by atoms with Gasteiger partial charge in [0.25, 0.3) is 5.91 Å².